The van der Waals surface area contributed by atoms with Crippen LogP contribution in [-0.4, -0.2) is 24.3 Å². The zero-order valence-corrected chi connectivity index (χ0v) is 14.6. The number of alkyl halides is 3. The average Bonchev–Trinajstić information content (AvgIpc) is 2.54. The molecule has 0 bridgehead atoms. The molecule has 2 aromatic rings. The lowest BCUT2D eigenvalue weighted by molar-refractivity contribution is -0.0436. The van der Waals surface area contributed by atoms with Crippen LogP contribution in [0.4, 0.5) is 13.2 Å². The van der Waals surface area contributed by atoms with Crippen molar-refractivity contribution in [2.24, 2.45) is 0 Å². The van der Waals surface area contributed by atoms with Gasteiger partial charge in [0.1, 0.15) is 4.58 Å². The van der Waals surface area contributed by atoms with Crippen molar-refractivity contribution in [3.8, 4) is 0 Å². The van der Waals surface area contributed by atoms with E-state index in [4.69, 9.17) is 0 Å². The van der Waals surface area contributed by atoms with E-state index in [-0.39, 0.29) is 16.2 Å². The van der Waals surface area contributed by atoms with Gasteiger partial charge in [0.05, 0.1) is 0 Å². The molecular weight excluding hydrogens is 373 g/mol. The van der Waals surface area contributed by atoms with Crippen molar-refractivity contribution in [2.75, 3.05) is 0 Å². The number of carbonyl (C=O) groups excluding carboxylic acids is 1. The van der Waals surface area contributed by atoms with Crippen molar-refractivity contribution in [3.63, 3.8) is 0 Å². The smallest absolute Gasteiger partial charge is 0.289 e. The normalized spacial score (nSPS) is 15.4. The predicted molar refractivity (Wildman–Crippen MR) is 89.4 cm³/mol. The zero-order valence-electron chi connectivity index (χ0n) is 13.0. The number of carbonyl (C=O) groups is 1. The van der Waals surface area contributed by atoms with Crippen LogP contribution in [0.25, 0.3) is 0 Å². The first-order valence-corrected chi connectivity index (χ1v) is 9.77. The number of fused-ring (bicyclic) bond motifs is 2. The largest absolute Gasteiger partial charge is 0.498 e. The number of thioether (sulfide) groups is 1. The van der Waals surface area contributed by atoms with Gasteiger partial charge in [0.15, 0.2) is 5.78 Å². The summed E-state index contributed by atoms with van der Waals surface area (Å²) in [5.74, 6) is -0.295. The highest BCUT2D eigenvalue weighted by molar-refractivity contribution is 8.13. The molecule has 0 radical (unpaired) electrons. The molecule has 0 amide bonds. The number of ketones is 1. The van der Waals surface area contributed by atoms with Crippen LogP contribution in [0.2, 0.25) is 0 Å². The van der Waals surface area contributed by atoms with E-state index in [9.17, 15) is 26.4 Å². The molecule has 1 aliphatic carbocycles. The van der Waals surface area contributed by atoms with Gasteiger partial charge in [-0.25, -0.2) is 8.42 Å². The topological polar surface area (TPSA) is 51.2 Å². The lowest BCUT2D eigenvalue weighted by atomic mass is 9.85. The maximum absolute atomic E-state index is 12.8. The molecule has 0 spiro atoms. The molecule has 3 rings (SSSR count). The summed E-state index contributed by atoms with van der Waals surface area (Å²) in [7, 11) is -5.33. The monoisotopic (exact) mass is 386 g/mol. The summed E-state index contributed by atoms with van der Waals surface area (Å²) in [6, 6.07) is 11.9. The Bertz CT molecular complexity index is 950. The maximum Gasteiger partial charge on any atom is 0.498 e. The Balaban J connectivity index is 2.01. The summed E-state index contributed by atoms with van der Waals surface area (Å²) in [6.45, 7) is 0.980. The van der Waals surface area contributed by atoms with Gasteiger partial charge in [0, 0.05) is 16.0 Å². The van der Waals surface area contributed by atoms with Crippen LogP contribution in [0.5, 0.6) is 0 Å². The summed E-state index contributed by atoms with van der Waals surface area (Å²) in [6.07, 6.45) is 0.478. The fraction of sp³-hybridized carbons (Fsp3) is 0.235. The van der Waals surface area contributed by atoms with Crippen molar-refractivity contribution in [2.45, 2.75) is 28.3 Å². The highest BCUT2D eigenvalue weighted by Gasteiger charge is 2.49. The van der Waals surface area contributed by atoms with Gasteiger partial charge in [-0.1, -0.05) is 36.4 Å². The zero-order chi connectivity index (χ0) is 18.4. The van der Waals surface area contributed by atoms with E-state index >= 15 is 0 Å². The summed E-state index contributed by atoms with van der Waals surface area (Å²) in [5, 5.41) is 0. The second kappa shape index (κ2) is 6.17. The minimum Gasteiger partial charge on any atom is -0.289 e. The average molecular weight is 386 g/mol. The van der Waals surface area contributed by atoms with Crippen molar-refractivity contribution < 1.29 is 26.4 Å². The van der Waals surface area contributed by atoms with E-state index in [1.54, 1.807) is 24.3 Å². The second-order valence-electron chi connectivity index (χ2n) is 5.63. The quantitative estimate of drug-likeness (QED) is 0.633. The second-order valence-corrected chi connectivity index (χ2v) is 9.57. The van der Waals surface area contributed by atoms with E-state index < -0.39 is 19.9 Å². The first kappa shape index (κ1) is 18.0. The molecule has 1 unspecified atom stereocenters. The molecule has 1 aliphatic rings. The van der Waals surface area contributed by atoms with Gasteiger partial charge in [0.25, 0.3) is 9.84 Å². The van der Waals surface area contributed by atoms with Gasteiger partial charge >= 0.3 is 5.51 Å². The molecular formula is C17H13F3O3S2. The van der Waals surface area contributed by atoms with Crippen LogP contribution in [0.3, 0.4) is 0 Å². The summed E-state index contributed by atoms with van der Waals surface area (Å²) in [5.41, 5.74) is -3.02. The molecule has 0 saturated heterocycles. The number of hydrogen-bond acceptors (Lipinski definition) is 4. The number of benzene rings is 2. The minimum absolute atomic E-state index is 0.248. The van der Waals surface area contributed by atoms with Gasteiger partial charge < -0.3 is 0 Å². The maximum atomic E-state index is 12.8. The Morgan fingerprint density at radius 3 is 2.36 bits per heavy atom. The molecule has 1 atom stereocenters. The molecule has 25 heavy (non-hydrogen) atoms. The van der Waals surface area contributed by atoms with Crippen LogP contribution in [0.1, 0.15) is 34.0 Å². The van der Waals surface area contributed by atoms with Gasteiger partial charge in [0.2, 0.25) is 0 Å². The molecule has 0 N–H and O–H groups in total. The number of hydrogen-bond donors (Lipinski definition) is 0. The van der Waals surface area contributed by atoms with Crippen LogP contribution >= 0.6 is 11.8 Å². The Morgan fingerprint density at radius 2 is 1.68 bits per heavy atom. The lowest BCUT2D eigenvalue weighted by Gasteiger charge is -2.22. The molecule has 132 valence electrons. The molecule has 0 heterocycles. The fourth-order valence-electron chi connectivity index (χ4n) is 2.75. The first-order chi connectivity index (χ1) is 11.6. The third-order valence-electron chi connectivity index (χ3n) is 4.04. The Morgan fingerprint density at radius 1 is 1.04 bits per heavy atom. The Hall–Kier alpha value is -1.80. The highest BCUT2D eigenvalue weighted by atomic mass is 32.3. The van der Waals surface area contributed by atoms with Crippen molar-refractivity contribution in [1.29, 1.82) is 0 Å². The Labute approximate surface area is 147 Å². The van der Waals surface area contributed by atoms with Gasteiger partial charge in [-0.15, -0.1) is 11.8 Å². The molecule has 0 aromatic heterocycles. The van der Waals surface area contributed by atoms with Crippen molar-refractivity contribution >= 4 is 27.4 Å². The summed E-state index contributed by atoms with van der Waals surface area (Å²) < 4.78 is 59.6. The number of halogens is 3. The molecule has 0 saturated carbocycles. The van der Waals surface area contributed by atoms with Crippen molar-refractivity contribution in [1.82, 2.24) is 0 Å². The fourth-order valence-corrected chi connectivity index (χ4v) is 5.12. The molecule has 2 aromatic carbocycles. The lowest BCUT2D eigenvalue weighted by Crippen LogP contribution is -2.30. The summed E-state index contributed by atoms with van der Waals surface area (Å²) in [4.78, 5) is 13.0. The standard InChI is InChI=1S/C17H13F3O3S2/c1-10(25(22,23)17(18,19)20)24-14-8-4-6-12-9-11-5-2-3-7-13(11)16(21)15(12)14/h2-8,10H,9H2,1H3. The third-order valence-corrected chi connectivity index (χ3v) is 7.53. The van der Waals surface area contributed by atoms with Crippen LogP contribution < -0.4 is 0 Å². The highest BCUT2D eigenvalue weighted by Crippen LogP contribution is 2.39. The molecule has 0 fully saturated rings. The van der Waals surface area contributed by atoms with Crippen molar-refractivity contribution in [3.05, 3.63) is 64.7 Å². The van der Waals surface area contributed by atoms with E-state index in [0.717, 1.165) is 12.5 Å². The van der Waals surface area contributed by atoms with Gasteiger partial charge in [-0.2, -0.15) is 13.2 Å². The molecule has 0 aliphatic heterocycles. The van der Waals surface area contributed by atoms with Crippen LogP contribution in [-0.2, 0) is 16.3 Å². The van der Waals surface area contributed by atoms with Crippen LogP contribution in [0.15, 0.2) is 47.4 Å². The van der Waals surface area contributed by atoms with E-state index in [2.05, 4.69) is 0 Å². The SMILES string of the molecule is CC(Sc1cccc2c1C(=O)c1ccccc1C2)S(=O)(=O)C(F)(F)F. The Kier molecular flexibility index (Phi) is 4.45. The number of rotatable bonds is 3. The minimum atomic E-state index is -5.33. The third kappa shape index (κ3) is 3.08. The van der Waals surface area contributed by atoms with Gasteiger partial charge in [-0.05, 0) is 30.5 Å². The van der Waals surface area contributed by atoms with E-state index in [1.807, 2.05) is 12.1 Å². The molecule has 3 nitrogen and oxygen atoms in total. The van der Waals surface area contributed by atoms with Gasteiger partial charge in [-0.3, -0.25) is 4.79 Å². The van der Waals surface area contributed by atoms with E-state index in [1.165, 1.54) is 6.07 Å². The number of sulfone groups is 1. The first-order valence-electron chi connectivity index (χ1n) is 7.34. The van der Waals surface area contributed by atoms with E-state index in [0.29, 0.717) is 29.3 Å². The predicted octanol–water partition coefficient (Wildman–Crippen LogP) is 4.19. The van der Waals surface area contributed by atoms with Crippen LogP contribution in [0, 0.1) is 0 Å². The molecule has 8 heteroatoms. The summed E-state index contributed by atoms with van der Waals surface area (Å²) >= 11 is 0.542.